The van der Waals surface area contributed by atoms with E-state index in [1.165, 1.54) is 18.4 Å². The summed E-state index contributed by atoms with van der Waals surface area (Å²) in [6.07, 6.45) is 6.38. The average Bonchev–Trinajstić information content (AvgIpc) is 2.79. The van der Waals surface area contributed by atoms with E-state index in [0.717, 1.165) is 38.9 Å². The van der Waals surface area contributed by atoms with Gasteiger partial charge in [-0.2, -0.15) is 0 Å². The summed E-state index contributed by atoms with van der Waals surface area (Å²) in [5.41, 5.74) is 1.70. The molecule has 4 fully saturated rings. The average molecular weight is 347 g/mol. The molecule has 2 aliphatic heterocycles. The highest BCUT2D eigenvalue weighted by atomic mass is 16.6. The summed E-state index contributed by atoms with van der Waals surface area (Å²) < 4.78 is 11.7. The van der Waals surface area contributed by atoms with Crippen molar-refractivity contribution in [3.05, 3.63) is 12.2 Å². The van der Waals surface area contributed by atoms with Crippen LogP contribution in [0.4, 0.5) is 0 Å². The Morgan fingerprint density at radius 2 is 2.00 bits per heavy atom. The minimum atomic E-state index is 0.0294. The quantitative estimate of drug-likeness (QED) is 0.567. The molecule has 25 heavy (non-hydrogen) atoms. The number of carbonyl (C=O) groups excluding carboxylic acids is 1. The topological polar surface area (TPSA) is 38.8 Å². The van der Waals surface area contributed by atoms with Gasteiger partial charge in [-0.3, -0.25) is 9.69 Å². The fraction of sp³-hybridized carbons (Fsp3) is 0.857. The lowest BCUT2D eigenvalue weighted by atomic mass is 9.55. The molecule has 2 saturated heterocycles. The Hall–Kier alpha value is -0.870. The Morgan fingerprint density at radius 1 is 1.28 bits per heavy atom. The van der Waals surface area contributed by atoms with E-state index in [2.05, 4.69) is 32.3 Å². The van der Waals surface area contributed by atoms with Gasteiger partial charge in [-0.25, -0.2) is 0 Å². The van der Waals surface area contributed by atoms with E-state index < -0.39 is 0 Å². The molecule has 0 radical (unpaired) electrons. The van der Waals surface area contributed by atoms with Gasteiger partial charge >= 0.3 is 5.97 Å². The highest BCUT2D eigenvalue weighted by Crippen LogP contribution is 2.56. The maximum atomic E-state index is 12.7. The number of allylic oxidation sites excluding steroid dienone is 1. The Morgan fingerprint density at radius 3 is 2.72 bits per heavy atom. The second kappa shape index (κ2) is 6.38. The second-order valence-electron chi connectivity index (χ2n) is 9.38. The Bertz CT molecular complexity index is 551. The van der Waals surface area contributed by atoms with Crippen molar-refractivity contribution in [2.75, 3.05) is 19.6 Å². The first-order valence-corrected chi connectivity index (χ1v) is 10.1. The first-order valence-electron chi connectivity index (χ1n) is 10.1. The minimum Gasteiger partial charge on any atom is -0.462 e. The summed E-state index contributed by atoms with van der Waals surface area (Å²) in [5, 5.41) is 0. The molecule has 0 N–H and O–H groups in total. The Balaban J connectivity index is 1.49. The SMILES string of the molecule is C=C1CCC[C@]2(C)C[C@H]3OC(=O)[C@H](CN4C[C@@H](C)O[C@H](C)C4)[C@H]3C[C@@H]12. The predicted molar refractivity (Wildman–Crippen MR) is 97.1 cm³/mol. The van der Waals surface area contributed by atoms with E-state index in [9.17, 15) is 4.79 Å². The van der Waals surface area contributed by atoms with Crippen LogP contribution in [0.15, 0.2) is 12.2 Å². The van der Waals surface area contributed by atoms with Crippen LogP contribution in [0.1, 0.15) is 52.9 Å². The molecular formula is C21H33NO3. The van der Waals surface area contributed by atoms with Crippen molar-refractivity contribution in [2.24, 2.45) is 23.2 Å². The van der Waals surface area contributed by atoms with Crippen molar-refractivity contribution < 1.29 is 14.3 Å². The zero-order chi connectivity index (χ0) is 17.8. The van der Waals surface area contributed by atoms with Gasteiger partial charge in [0.05, 0.1) is 18.1 Å². The number of morpholine rings is 1. The maximum Gasteiger partial charge on any atom is 0.310 e. The molecule has 0 bridgehead atoms. The lowest BCUT2D eigenvalue weighted by molar-refractivity contribution is -0.147. The monoisotopic (exact) mass is 347 g/mol. The first-order chi connectivity index (χ1) is 11.9. The molecule has 0 unspecified atom stereocenters. The van der Waals surface area contributed by atoms with Crippen molar-refractivity contribution in [3.63, 3.8) is 0 Å². The van der Waals surface area contributed by atoms with Gasteiger partial charge in [0.2, 0.25) is 0 Å². The van der Waals surface area contributed by atoms with Crippen LogP contribution in [-0.2, 0) is 14.3 Å². The molecule has 2 aliphatic carbocycles. The van der Waals surface area contributed by atoms with Crippen LogP contribution in [0, 0.1) is 23.2 Å². The number of hydrogen-bond acceptors (Lipinski definition) is 4. The molecule has 2 heterocycles. The van der Waals surface area contributed by atoms with E-state index in [-0.39, 0.29) is 35.6 Å². The molecule has 0 amide bonds. The molecule has 2 saturated carbocycles. The van der Waals surface area contributed by atoms with Gasteiger partial charge in [-0.1, -0.05) is 19.1 Å². The van der Waals surface area contributed by atoms with Crippen molar-refractivity contribution in [1.29, 1.82) is 0 Å². The number of rotatable bonds is 2. The molecule has 4 aliphatic rings. The molecule has 0 aromatic carbocycles. The maximum absolute atomic E-state index is 12.7. The Kier molecular flexibility index (Phi) is 4.48. The number of esters is 1. The molecule has 0 aromatic heterocycles. The summed E-state index contributed by atoms with van der Waals surface area (Å²) >= 11 is 0. The number of fused-ring (bicyclic) bond motifs is 2. The summed E-state index contributed by atoms with van der Waals surface area (Å²) in [4.78, 5) is 15.1. The minimum absolute atomic E-state index is 0.0294. The largest absolute Gasteiger partial charge is 0.462 e. The number of carbonyl (C=O) groups is 1. The number of ether oxygens (including phenoxy) is 2. The van der Waals surface area contributed by atoms with E-state index in [4.69, 9.17) is 9.47 Å². The lowest BCUT2D eigenvalue weighted by Gasteiger charge is -2.50. The van der Waals surface area contributed by atoms with Crippen molar-refractivity contribution in [2.45, 2.75) is 71.2 Å². The lowest BCUT2D eigenvalue weighted by Crippen LogP contribution is -2.49. The number of nitrogens with zero attached hydrogens (tertiary/aromatic N) is 1. The highest BCUT2D eigenvalue weighted by Gasteiger charge is 2.55. The van der Waals surface area contributed by atoms with Gasteiger partial charge in [0.15, 0.2) is 0 Å². The van der Waals surface area contributed by atoms with Crippen LogP contribution in [0.2, 0.25) is 0 Å². The van der Waals surface area contributed by atoms with Crippen LogP contribution >= 0.6 is 0 Å². The van der Waals surface area contributed by atoms with Gasteiger partial charge in [-0.15, -0.1) is 0 Å². The van der Waals surface area contributed by atoms with E-state index in [1.54, 1.807) is 0 Å². The molecule has 4 rings (SSSR count). The number of hydrogen-bond donors (Lipinski definition) is 0. The van der Waals surface area contributed by atoms with Crippen LogP contribution in [0.25, 0.3) is 0 Å². The molecule has 4 nitrogen and oxygen atoms in total. The van der Waals surface area contributed by atoms with Crippen molar-refractivity contribution in [3.8, 4) is 0 Å². The van der Waals surface area contributed by atoms with Gasteiger partial charge in [0.1, 0.15) is 6.10 Å². The highest BCUT2D eigenvalue weighted by molar-refractivity contribution is 5.75. The summed E-state index contributed by atoms with van der Waals surface area (Å²) in [6, 6.07) is 0. The van der Waals surface area contributed by atoms with Gasteiger partial charge in [0, 0.05) is 25.6 Å². The van der Waals surface area contributed by atoms with E-state index in [1.807, 2.05) is 0 Å². The van der Waals surface area contributed by atoms with E-state index in [0.29, 0.717) is 11.8 Å². The molecule has 0 aromatic rings. The zero-order valence-electron chi connectivity index (χ0n) is 16.0. The van der Waals surface area contributed by atoms with Gasteiger partial charge in [-0.05, 0) is 57.3 Å². The van der Waals surface area contributed by atoms with Crippen LogP contribution < -0.4 is 0 Å². The third kappa shape index (κ3) is 3.16. The van der Waals surface area contributed by atoms with Crippen LogP contribution in [0.3, 0.4) is 0 Å². The molecule has 4 heteroatoms. The van der Waals surface area contributed by atoms with Gasteiger partial charge in [0.25, 0.3) is 0 Å². The molecule has 0 spiro atoms. The predicted octanol–water partition coefficient (Wildman–Crippen LogP) is 3.41. The van der Waals surface area contributed by atoms with Crippen LogP contribution in [-0.4, -0.2) is 48.8 Å². The fourth-order valence-corrected chi connectivity index (χ4v) is 6.18. The third-order valence-corrected chi connectivity index (χ3v) is 7.27. The summed E-state index contributed by atoms with van der Waals surface area (Å²) in [6.45, 7) is 13.7. The Labute approximate surface area is 151 Å². The standard InChI is InChI=1S/C21H33NO3/c1-13-6-5-7-21(4)9-19-16(8-18(13)21)17(20(23)25-19)12-22-10-14(2)24-15(3)11-22/h14-19H,1,5-12H2,2-4H3/t14-,15-,16-,17-,18+,19-,21-/m1/s1. The molecular weight excluding hydrogens is 314 g/mol. The smallest absolute Gasteiger partial charge is 0.310 e. The van der Waals surface area contributed by atoms with Gasteiger partial charge < -0.3 is 9.47 Å². The summed E-state index contributed by atoms with van der Waals surface area (Å²) in [5.74, 6) is 1.01. The fourth-order valence-electron chi connectivity index (χ4n) is 6.18. The zero-order valence-corrected chi connectivity index (χ0v) is 16.0. The van der Waals surface area contributed by atoms with Crippen LogP contribution in [0.5, 0.6) is 0 Å². The normalized spacial score (nSPS) is 48.0. The molecule has 140 valence electrons. The van der Waals surface area contributed by atoms with E-state index >= 15 is 0 Å². The van der Waals surface area contributed by atoms with Crippen molar-refractivity contribution >= 4 is 5.97 Å². The van der Waals surface area contributed by atoms with Crippen molar-refractivity contribution in [1.82, 2.24) is 4.90 Å². The summed E-state index contributed by atoms with van der Waals surface area (Å²) in [7, 11) is 0. The third-order valence-electron chi connectivity index (χ3n) is 7.27. The second-order valence-corrected chi connectivity index (χ2v) is 9.38. The first kappa shape index (κ1) is 17.5. The molecule has 7 atom stereocenters.